The third kappa shape index (κ3) is 4.29. The molecule has 4 aromatic rings. The van der Waals surface area contributed by atoms with Crippen LogP contribution in [-0.4, -0.2) is 24.1 Å². The summed E-state index contributed by atoms with van der Waals surface area (Å²) in [4.78, 5) is 20.9. The quantitative estimate of drug-likeness (QED) is 0.416. The highest BCUT2D eigenvalue weighted by Crippen LogP contribution is 2.31. The Hall–Kier alpha value is -5.08. The van der Waals surface area contributed by atoms with Gasteiger partial charge < -0.3 is 9.73 Å². The number of aryl methyl sites for hydroxylation is 1. The third-order valence-electron chi connectivity index (χ3n) is 5.87. The van der Waals surface area contributed by atoms with E-state index in [1.807, 2.05) is 43.3 Å². The molecule has 0 saturated carbocycles. The fourth-order valence-corrected chi connectivity index (χ4v) is 3.96. The highest BCUT2D eigenvalue weighted by Gasteiger charge is 2.31. The summed E-state index contributed by atoms with van der Waals surface area (Å²) in [6, 6.07) is 24.3. The van der Waals surface area contributed by atoms with Gasteiger partial charge in [0.2, 0.25) is 0 Å². The van der Waals surface area contributed by atoms with Gasteiger partial charge in [-0.2, -0.15) is 10.5 Å². The number of nitriles is 2. The summed E-state index contributed by atoms with van der Waals surface area (Å²) in [5.41, 5.74) is 5.11. The summed E-state index contributed by atoms with van der Waals surface area (Å²) in [6.45, 7) is 3.01. The minimum Gasteiger partial charge on any atom is -0.423 e. The zero-order valence-corrected chi connectivity index (χ0v) is 18.9. The number of hydrogen-bond acceptors (Lipinski definition) is 6. The largest absolute Gasteiger partial charge is 0.423 e. The molecule has 0 spiro atoms. The number of carbonyl (C=O) groups is 1. The molecule has 8 nitrogen and oxygen atoms in total. The second-order valence-corrected chi connectivity index (χ2v) is 8.09. The molecule has 0 aliphatic carbocycles. The van der Waals surface area contributed by atoms with Crippen molar-refractivity contribution in [3.63, 3.8) is 0 Å². The maximum atomic E-state index is 13.2. The lowest BCUT2D eigenvalue weighted by Gasteiger charge is -2.20. The minimum absolute atomic E-state index is 0.144. The van der Waals surface area contributed by atoms with Gasteiger partial charge in [0, 0.05) is 35.7 Å². The van der Waals surface area contributed by atoms with E-state index in [4.69, 9.17) is 9.68 Å². The standard InChI is InChI=1S/C27H20N6O2/c1-18-5-10-23(33-12-11-32(27(33)34)22-4-2-3-20(13-22)16-29)14-24(18)31-26-30-17-25(35-26)21-8-6-19(15-28)7-9-21/h2-10,13-14,17H,11-12H2,1H3,(H,30,31). The normalized spacial score (nSPS) is 12.9. The van der Waals surface area contributed by atoms with Crippen molar-refractivity contribution in [2.75, 3.05) is 28.2 Å². The number of anilines is 4. The van der Waals surface area contributed by atoms with Gasteiger partial charge in [0.25, 0.3) is 6.01 Å². The Kier molecular flexibility index (Phi) is 5.62. The fraction of sp³-hybridized carbons (Fsp3) is 0.111. The number of urea groups is 1. The molecule has 0 unspecified atom stereocenters. The van der Waals surface area contributed by atoms with E-state index in [0.717, 1.165) is 22.5 Å². The van der Waals surface area contributed by atoms with Crippen molar-refractivity contribution >= 4 is 29.1 Å². The number of oxazole rings is 1. The molecule has 170 valence electrons. The summed E-state index contributed by atoms with van der Waals surface area (Å²) < 4.78 is 5.87. The average Bonchev–Trinajstić information content (AvgIpc) is 3.52. The molecular formula is C27H20N6O2. The van der Waals surface area contributed by atoms with Crippen LogP contribution in [0.1, 0.15) is 16.7 Å². The van der Waals surface area contributed by atoms with Gasteiger partial charge in [-0.05, 0) is 67.1 Å². The first kappa shape index (κ1) is 21.7. The molecule has 1 saturated heterocycles. The first-order valence-corrected chi connectivity index (χ1v) is 11.0. The van der Waals surface area contributed by atoms with Crippen LogP contribution in [0.2, 0.25) is 0 Å². The van der Waals surface area contributed by atoms with Crippen LogP contribution in [0.15, 0.2) is 77.3 Å². The molecular weight excluding hydrogens is 440 g/mol. The van der Waals surface area contributed by atoms with E-state index >= 15 is 0 Å². The van der Waals surface area contributed by atoms with Gasteiger partial charge in [0.15, 0.2) is 5.76 Å². The summed E-state index contributed by atoms with van der Waals surface area (Å²) >= 11 is 0. The molecule has 8 heteroatoms. The number of nitrogens with one attached hydrogen (secondary N) is 1. The summed E-state index contributed by atoms with van der Waals surface area (Å²) in [6.07, 6.45) is 1.63. The van der Waals surface area contributed by atoms with E-state index in [0.29, 0.717) is 41.7 Å². The van der Waals surface area contributed by atoms with Crippen molar-refractivity contribution in [1.29, 1.82) is 10.5 Å². The molecule has 0 atom stereocenters. The summed E-state index contributed by atoms with van der Waals surface area (Å²) in [7, 11) is 0. The Balaban J connectivity index is 1.35. The van der Waals surface area contributed by atoms with Crippen molar-refractivity contribution in [3.8, 4) is 23.5 Å². The summed E-state index contributed by atoms with van der Waals surface area (Å²) in [5, 5.41) is 21.3. The number of benzene rings is 3. The Labute approximate surface area is 202 Å². The van der Waals surface area contributed by atoms with E-state index in [9.17, 15) is 10.1 Å². The van der Waals surface area contributed by atoms with Crippen LogP contribution in [0.25, 0.3) is 11.3 Å². The average molecular weight is 460 g/mol. The molecule has 0 radical (unpaired) electrons. The lowest BCUT2D eigenvalue weighted by molar-refractivity contribution is 0.256. The Morgan fingerprint density at radius 3 is 2.34 bits per heavy atom. The molecule has 1 N–H and O–H groups in total. The van der Waals surface area contributed by atoms with Gasteiger partial charge in [0.05, 0.1) is 29.5 Å². The molecule has 3 aromatic carbocycles. The molecule has 1 aliphatic heterocycles. The molecule has 1 aliphatic rings. The van der Waals surface area contributed by atoms with Gasteiger partial charge in [-0.25, -0.2) is 9.78 Å². The van der Waals surface area contributed by atoms with Gasteiger partial charge in [0.1, 0.15) is 0 Å². The number of amides is 2. The Morgan fingerprint density at radius 2 is 1.63 bits per heavy atom. The molecule has 1 aromatic heterocycles. The molecule has 1 fully saturated rings. The molecule has 5 rings (SSSR count). The van der Waals surface area contributed by atoms with Crippen molar-refractivity contribution < 1.29 is 9.21 Å². The zero-order chi connectivity index (χ0) is 24.4. The van der Waals surface area contributed by atoms with Gasteiger partial charge in [-0.15, -0.1) is 0 Å². The van der Waals surface area contributed by atoms with Crippen LogP contribution in [0, 0.1) is 29.6 Å². The second-order valence-electron chi connectivity index (χ2n) is 8.09. The van der Waals surface area contributed by atoms with E-state index < -0.39 is 0 Å². The lowest BCUT2D eigenvalue weighted by atomic mass is 10.1. The second kappa shape index (κ2) is 9.05. The van der Waals surface area contributed by atoms with Crippen molar-refractivity contribution in [1.82, 2.24) is 4.98 Å². The van der Waals surface area contributed by atoms with E-state index in [2.05, 4.69) is 22.4 Å². The Morgan fingerprint density at radius 1 is 0.914 bits per heavy atom. The van der Waals surface area contributed by atoms with Crippen molar-refractivity contribution in [2.45, 2.75) is 6.92 Å². The van der Waals surface area contributed by atoms with Gasteiger partial charge in [-0.3, -0.25) is 9.80 Å². The first-order chi connectivity index (χ1) is 17.1. The smallest absolute Gasteiger partial charge is 0.329 e. The van der Waals surface area contributed by atoms with Crippen molar-refractivity contribution in [2.24, 2.45) is 0 Å². The number of aromatic nitrogens is 1. The van der Waals surface area contributed by atoms with E-state index in [-0.39, 0.29) is 6.03 Å². The Bertz CT molecular complexity index is 1490. The maximum Gasteiger partial charge on any atom is 0.329 e. The van der Waals surface area contributed by atoms with Crippen LogP contribution >= 0.6 is 0 Å². The molecule has 0 bridgehead atoms. The number of rotatable bonds is 5. The highest BCUT2D eigenvalue weighted by molar-refractivity contribution is 6.06. The summed E-state index contributed by atoms with van der Waals surface area (Å²) in [5.74, 6) is 0.579. The monoisotopic (exact) mass is 460 g/mol. The van der Waals surface area contributed by atoms with E-state index in [1.165, 1.54) is 0 Å². The number of carbonyl (C=O) groups excluding carboxylic acids is 1. The third-order valence-corrected chi connectivity index (χ3v) is 5.87. The lowest BCUT2D eigenvalue weighted by Crippen LogP contribution is -2.31. The van der Waals surface area contributed by atoms with Crippen LogP contribution in [-0.2, 0) is 0 Å². The van der Waals surface area contributed by atoms with Gasteiger partial charge in [-0.1, -0.05) is 12.1 Å². The number of hydrogen-bond donors (Lipinski definition) is 1. The van der Waals surface area contributed by atoms with Gasteiger partial charge >= 0.3 is 6.03 Å². The van der Waals surface area contributed by atoms with Crippen molar-refractivity contribution in [3.05, 3.63) is 89.6 Å². The SMILES string of the molecule is Cc1ccc(N2CCN(c3cccc(C#N)c3)C2=O)cc1Nc1ncc(-c2ccc(C#N)cc2)o1. The van der Waals surface area contributed by atoms with Crippen LogP contribution in [0.4, 0.5) is 27.9 Å². The predicted molar refractivity (Wildman–Crippen MR) is 132 cm³/mol. The highest BCUT2D eigenvalue weighted by atomic mass is 16.4. The fourth-order valence-electron chi connectivity index (χ4n) is 3.96. The minimum atomic E-state index is -0.144. The molecule has 2 heterocycles. The number of nitrogens with zero attached hydrogens (tertiary/aromatic N) is 5. The molecule has 35 heavy (non-hydrogen) atoms. The zero-order valence-electron chi connectivity index (χ0n) is 18.9. The first-order valence-electron chi connectivity index (χ1n) is 11.0. The van der Waals surface area contributed by atoms with Crippen LogP contribution in [0.5, 0.6) is 0 Å². The van der Waals surface area contributed by atoms with Crippen LogP contribution in [0.3, 0.4) is 0 Å². The van der Waals surface area contributed by atoms with Crippen LogP contribution < -0.4 is 15.1 Å². The van der Waals surface area contributed by atoms with E-state index in [1.54, 1.807) is 46.3 Å². The molecule has 2 amide bonds. The topological polar surface area (TPSA) is 109 Å². The predicted octanol–water partition coefficient (Wildman–Crippen LogP) is 5.58. The maximum absolute atomic E-state index is 13.2.